The van der Waals surface area contributed by atoms with Crippen molar-refractivity contribution in [2.24, 2.45) is 0 Å². The molecule has 0 radical (unpaired) electrons. The van der Waals surface area contributed by atoms with Crippen molar-refractivity contribution < 1.29 is 4.79 Å². The van der Waals surface area contributed by atoms with Crippen LogP contribution in [0.25, 0.3) is 0 Å². The van der Waals surface area contributed by atoms with Gasteiger partial charge in [-0.3, -0.25) is 4.79 Å². The van der Waals surface area contributed by atoms with Gasteiger partial charge in [0, 0.05) is 30.0 Å². The molecule has 0 saturated carbocycles. The second-order valence-electron chi connectivity index (χ2n) is 6.81. The molecule has 1 heterocycles. The van der Waals surface area contributed by atoms with Crippen LogP contribution in [0.2, 0.25) is 0 Å². The fourth-order valence-corrected chi connectivity index (χ4v) is 3.38. The fraction of sp³-hybridized carbons (Fsp3) is 0.174. The molecule has 0 atom stereocenters. The van der Waals surface area contributed by atoms with Crippen LogP contribution in [0, 0.1) is 6.92 Å². The highest BCUT2D eigenvalue weighted by Gasteiger charge is 2.16. The molecule has 0 aliphatic carbocycles. The topological polar surface area (TPSA) is 32.3 Å². The van der Waals surface area contributed by atoms with Crippen molar-refractivity contribution >= 4 is 17.3 Å². The van der Waals surface area contributed by atoms with E-state index in [2.05, 4.69) is 34.5 Å². The first kappa shape index (κ1) is 16.4. The van der Waals surface area contributed by atoms with E-state index in [1.54, 1.807) is 0 Å². The Balaban J connectivity index is 1.45. The molecule has 1 amide bonds. The average Bonchev–Trinajstić information content (AvgIpc) is 2.69. The van der Waals surface area contributed by atoms with E-state index < -0.39 is 0 Å². The van der Waals surface area contributed by atoms with Crippen LogP contribution in [-0.4, -0.2) is 12.5 Å². The second-order valence-corrected chi connectivity index (χ2v) is 6.81. The van der Waals surface area contributed by atoms with Gasteiger partial charge in [0.1, 0.15) is 0 Å². The Morgan fingerprint density at radius 1 is 0.885 bits per heavy atom. The minimum atomic E-state index is -0.0793. The maximum atomic E-state index is 12.4. The van der Waals surface area contributed by atoms with Crippen LogP contribution >= 0.6 is 0 Å². The summed E-state index contributed by atoms with van der Waals surface area (Å²) in [7, 11) is 0. The highest BCUT2D eigenvalue weighted by molar-refractivity contribution is 6.04. The van der Waals surface area contributed by atoms with Gasteiger partial charge in [0.15, 0.2) is 0 Å². The number of nitrogens with one attached hydrogen (secondary N) is 1. The predicted octanol–water partition coefficient (Wildman–Crippen LogP) is 4.81. The molecule has 3 nitrogen and oxygen atoms in total. The third-order valence-electron chi connectivity index (χ3n) is 4.93. The first-order valence-electron chi connectivity index (χ1n) is 8.99. The number of benzene rings is 3. The summed E-state index contributed by atoms with van der Waals surface area (Å²) in [4.78, 5) is 14.8. The number of aryl methyl sites for hydroxylation is 1. The number of carbonyl (C=O) groups is 1. The zero-order valence-corrected chi connectivity index (χ0v) is 14.9. The first-order chi connectivity index (χ1) is 12.7. The summed E-state index contributed by atoms with van der Waals surface area (Å²) < 4.78 is 0. The molecule has 4 rings (SSSR count). The molecule has 1 aliphatic heterocycles. The van der Waals surface area contributed by atoms with Gasteiger partial charge in [-0.05, 0) is 60.9 Å². The lowest BCUT2D eigenvalue weighted by Gasteiger charge is -2.30. The van der Waals surface area contributed by atoms with E-state index in [1.807, 2.05) is 55.5 Å². The minimum absolute atomic E-state index is 0.0793. The number of anilines is 2. The number of carbonyl (C=O) groups excluding carboxylic acids is 1. The van der Waals surface area contributed by atoms with Crippen molar-refractivity contribution in [1.82, 2.24) is 0 Å². The van der Waals surface area contributed by atoms with Crippen LogP contribution in [-0.2, 0) is 13.0 Å². The molecular weight excluding hydrogens is 320 g/mol. The molecule has 130 valence electrons. The van der Waals surface area contributed by atoms with E-state index in [1.165, 1.54) is 16.7 Å². The average molecular weight is 342 g/mol. The summed E-state index contributed by atoms with van der Waals surface area (Å²) in [5.41, 5.74) is 6.66. The number of nitrogens with zero attached hydrogens (tertiary/aromatic N) is 1. The van der Waals surface area contributed by atoms with Crippen LogP contribution in [0.4, 0.5) is 11.4 Å². The van der Waals surface area contributed by atoms with Gasteiger partial charge < -0.3 is 10.2 Å². The Morgan fingerprint density at radius 3 is 2.31 bits per heavy atom. The van der Waals surface area contributed by atoms with Crippen LogP contribution in [0.15, 0.2) is 72.8 Å². The van der Waals surface area contributed by atoms with Crippen molar-refractivity contribution in [1.29, 1.82) is 0 Å². The van der Waals surface area contributed by atoms with Crippen molar-refractivity contribution in [2.75, 3.05) is 16.8 Å². The highest BCUT2D eigenvalue weighted by Crippen LogP contribution is 2.24. The molecule has 0 fully saturated rings. The number of amides is 1. The molecule has 1 aliphatic rings. The van der Waals surface area contributed by atoms with Crippen molar-refractivity contribution in [3.63, 3.8) is 0 Å². The van der Waals surface area contributed by atoms with E-state index >= 15 is 0 Å². The van der Waals surface area contributed by atoms with Crippen molar-refractivity contribution in [3.05, 3.63) is 95.1 Å². The Morgan fingerprint density at radius 2 is 1.58 bits per heavy atom. The number of hydrogen-bond donors (Lipinski definition) is 1. The van der Waals surface area contributed by atoms with Gasteiger partial charge in [0.25, 0.3) is 5.91 Å². The normalized spacial score (nSPS) is 13.2. The molecule has 0 saturated heterocycles. The third-order valence-corrected chi connectivity index (χ3v) is 4.93. The fourth-order valence-electron chi connectivity index (χ4n) is 3.38. The first-order valence-corrected chi connectivity index (χ1v) is 8.99. The summed E-state index contributed by atoms with van der Waals surface area (Å²) in [6.07, 6.45) is 1.06. The zero-order chi connectivity index (χ0) is 17.9. The van der Waals surface area contributed by atoms with Gasteiger partial charge in [-0.25, -0.2) is 0 Å². The summed E-state index contributed by atoms with van der Waals surface area (Å²) in [5.74, 6) is -0.0793. The minimum Gasteiger partial charge on any atom is -0.367 e. The lowest BCUT2D eigenvalue weighted by atomic mass is 9.99. The van der Waals surface area contributed by atoms with E-state index in [4.69, 9.17) is 0 Å². The lowest BCUT2D eigenvalue weighted by Crippen LogP contribution is -2.30. The highest BCUT2D eigenvalue weighted by atomic mass is 16.1. The van der Waals surface area contributed by atoms with Crippen LogP contribution in [0.1, 0.15) is 27.0 Å². The Bertz CT molecular complexity index is 914. The van der Waals surface area contributed by atoms with Crippen LogP contribution in [0.3, 0.4) is 0 Å². The van der Waals surface area contributed by atoms with E-state index in [-0.39, 0.29) is 5.91 Å². The summed E-state index contributed by atoms with van der Waals surface area (Å²) in [6.45, 7) is 3.96. The molecule has 1 N–H and O–H groups in total. The van der Waals surface area contributed by atoms with Gasteiger partial charge in [-0.15, -0.1) is 0 Å². The van der Waals surface area contributed by atoms with Gasteiger partial charge in [-0.1, -0.05) is 42.0 Å². The molecule has 3 aromatic carbocycles. The molecule has 0 spiro atoms. The van der Waals surface area contributed by atoms with E-state index in [0.29, 0.717) is 5.56 Å². The smallest absolute Gasteiger partial charge is 0.255 e. The summed E-state index contributed by atoms with van der Waals surface area (Å²) in [6, 6.07) is 24.3. The number of hydrogen-bond acceptors (Lipinski definition) is 2. The molecule has 3 heteroatoms. The predicted molar refractivity (Wildman–Crippen MR) is 107 cm³/mol. The molecular formula is C23H22N2O. The molecule has 3 aromatic rings. The summed E-state index contributed by atoms with van der Waals surface area (Å²) >= 11 is 0. The molecule has 26 heavy (non-hydrogen) atoms. The van der Waals surface area contributed by atoms with Gasteiger partial charge in [0.2, 0.25) is 0 Å². The van der Waals surface area contributed by atoms with Gasteiger partial charge in [0.05, 0.1) is 0 Å². The monoisotopic (exact) mass is 342 g/mol. The van der Waals surface area contributed by atoms with Gasteiger partial charge in [-0.2, -0.15) is 0 Å². The second kappa shape index (κ2) is 7.04. The molecule has 0 bridgehead atoms. The standard InChI is InChI=1S/C23H22N2O/c1-17-6-10-21(11-7-17)24-23(26)19-8-12-22(13-9-19)25-15-14-18-4-2-3-5-20(18)16-25/h2-13H,14-16H2,1H3,(H,24,26). The van der Waals surface area contributed by atoms with Crippen molar-refractivity contribution in [3.8, 4) is 0 Å². The van der Waals surface area contributed by atoms with Gasteiger partial charge >= 0.3 is 0 Å². The van der Waals surface area contributed by atoms with Crippen LogP contribution < -0.4 is 10.2 Å². The maximum Gasteiger partial charge on any atom is 0.255 e. The lowest BCUT2D eigenvalue weighted by molar-refractivity contribution is 0.102. The third kappa shape index (κ3) is 3.47. The molecule has 0 unspecified atom stereocenters. The Labute approximate surface area is 154 Å². The molecule has 0 aromatic heterocycles. The van der Waals surface area contributed by atoms with Crippen LogP contribution in [0.5, 0.6) is 0 Å². The SMILES string of the molecule is Cc1ccc(NC(=O)c2ccc(N3CCc4ccccc4C3)cc2)cc1. The number of rotatable bonds is 3. The quantitative estimate of drug-likeness (QED) is 0.741. The largest absolute Gasteiger partial charge is 0.367 e. The van der Waals surface area contributed by atoms with Crippen molar-refractivity contribution in [2.45, 2.75) is 19.9 Å². The summed E-state index contributed by atoms with van der Waals surface area (Å²) in [5, 5.41) is 2.94. The number of fused-ring (bicyclic) bond motifs is 1. The maximum absolute atomic E-state index is 12.4. The zero-order valence-electron chi connectivity index (χ0n) is 14.9. The van der Waals surface area contributed by atoms with E-state index in [0.717, 1.165) is 30.9 Å². The Hall–Kier alpha value is -3.07. The Kier molecular flexibility index (Phi) is 4.44. The van der Waals surface area contributed by atoms with E-state index in [9.17, 15) is 4.79 Å².